The fraction of sp³-hybridized carbons (Fsp3) is 0.107. The van der Waals surface area contributed by atoms with Crippen LogP contribution in [0.3, 0.4) is 0 Å². The molecule has 3 aromatic carbocycles. The van der Waals surface area contributed by atoms with Crippen LogP contribution in [0.2, 0.25) is 0 Å². The van der Waals surface area contributed by atoms with E-state index in [0.717, 1.165) is 11.1 Å². The maximum atomic E-state index is 13.4. The highest BCUT2D eigenvalue weighted by Crippen LogP contribution is 2.35. The van der Waals surface area contributed by atoms with E-state index in [1.807, 2.05) is 24.3 Å². The quantitative estimate of drug-likeness (QED) is 0.380. The average Bonchev–Trinajstić information content (AvgIpc) is 3.39. The number of hydrogen-bond donors (Lipinski definition) is 1. The van der Waals surface area contributed by atoms with Crippen molar-refractivity contribution in [2.75, 3.05) is 11.8 Å². The summed E-state index contributed by atoms with van der Waals surface area (Å²) in [5.74, 6) is 0.453. The highest BCUT2D eigenvalue weighted by molar-refractivity contribution is 7.92. The molecule has 0 saturated heterocycles. The molecular weight excluding hydrogens is 488 g/mol. The van der Waals surface area contributed by atoms with E-state index >= 15 is 0 Å². The van der Waals surface area contributed by atoms with Crippen LogP contribution >= 0.6 is 0 Å². The van der Waals surface area contributed by atoms with Crippen molar-refractivity contribution in [2.45, 2.75) is 17.4 Å². The van der Waals surface area contributed by atoms with Crippen molar-refractivity contribution >= 4 is 27.3 Å². The van der Waals surface area contributed by atoms with Gasteiger partial charge in [0.15, 0.2) is 0 Å². The zero-order chi connectivity index (χ0) is 25.8. The largest absolute Gasteiger partial charge is 0.497 e. The first-order valence-electron chi connectivity index (χ1n) is 11.6. The van der Waals surface area contributed by atoms with Gasteiger partial charge < -0.3 is 4.74 Å². The highest BCUT2D eigenvalue weighted by atomic mass is 32.2. The van der Waals surface area contributed by atoms with Gasteiger partial charge in [0, 0.05) is 30.1 Å². The van der Waals surface area contributed by atoms with E-state index in [2.05, 4.69) is 9.71 Å². The lowest BCUT2D eigenvalue weighted by atomic mass is 9.98. The van der Waals surface area contributed by atoms with Gasteiger partial charge in [-0.1, -0.05) is 42.5 Å². The first kappa shape index (κ1) is 24.2. The van der Waals surface area contributed by atoms with Crippen LogP contribution in [0.1, 0.15) is 33.9 Å². The van der Waals surface area contributed by atoms with Gasteiger partial charge in [-0.15, -0.1) is 0 Å². The molecule has 37 heavy (non-hydrogen) atoms. The molecule has 1 aliphatic heterocycles. The Morgan fingerprint density at radius 3 is 2.38 bits per heavy atom. The number of hydrogen-bond acceptors (Lipinski definition) is 6. The average molecular weight is 513 g/mol. The molecule has 9 heteroatoms. The number of carbonyl (C=O) groups is 1. The fourth-order valence-electron chi connectivity index (χ4n) is 4.15. The zero-order valence-corrected chi connectivity index (χ0v) is 20.8. The van der Waals surface area contributed by atoms with Gasteiger partial charge in [0.25, 0.3) is 15.9 Å². The Bertz CT molecular complexity index is 1540. The predicted octanol–water partition coefficient (Wildman–Crippen LogP) is 4.88. The Morgan fingerprint density at radius 2 is 1.68 bits per heavy atom. The number of ether oxygens (including phenoxy) is 1. The number of pyridine rings is 1. The summed E-state index contributed by atoms with van der Waals surface area (Å²) in [6.45, 7) is 0. The van der Waals surface area contributed by atoms with Crippen LogP contribution in [0.25, 0.3) is 0 Å². The monoisotopic (exact) mass is 512 g/mol. The van der Waals surface area contributed by atoms with Crippen molar-refractivity contribution in [3.05, 3.63) is 120 Å². The van der Waals surface area contributed by atoms with E-state index in [1.165, 1.54) is 17.1 Å². The summed E-state index contributed by atoms with van der Waals surface area (Å²) in [5, 5.41) is 6.19. The number of amides is 1. The normalized spacial score (nSPS) is 15.2. The summed E-state index contributed by atoms with van der Waals surface area (Å²) >= 11 is 0. The molecule has 0 saturated carbocycles. The van der Waals surface area contributed by atoms with Gasteiger partial charge in [-0.2, -0.15) is 5.10 Å². The van der Waals surface area contributed by atoms with Gasteiger partial charge in [-0.25, -0.2) is 13.4 Å². The van der Waals surface area contributed by atoms with Crippen molar-refractivity contribution in [2.24, 2.45) is 5.10 Å². The molecule has 0 spiro atoms. The minimum atomic E-state index is -3.70. The number of nitrogens with zero attached hydrogens (tertiary/aromatic N) is 3. The van der Waals surface area contributed by atoms with Crippen molar-refractivity contribution in [1.82, 2.24) is 9.99 Å². The zero-order valence-electron chi connectivity index (χ0n) is 20.0. The summed E-state index contributed by atoms with van der Waals surface area (Å²) < 4.78 is 33.3. The molecule has 1 aromatic heterocycles. The van der Waals surface area contributed by atoms with Crippen LogP contribution < -0.4 is 9.46 Å². The van der Waals surface area contributed by atoms with E-state index in [0.29, 0.717) is 29.1 Å². The Kier molecular flexibility index (Phi) is 6.70. The van der Waals surface area contributed by atoms with Crippen molar-refractivity contribution < 1.29 is 17.9 Å². The van der Waals surface area contributed by atoms with E-state index in [-0.39, 0.29) is 16.8 Å². The minimum absolute atomic E-state index is 0.186. The summed E-state index contributed by atoms with van der Waals surface area (Å²) in [6.07, 6.45) is 3.63. The Hall–Kier alpha value is -4.50. The lowest BCUT2D eigenvalue weighted by Gasteiger charge is -2.22. The molecule has 1 N–H and O–H groups in total. The lowest BCUT2D eigenvalue weighted by molar-refractivity contribution is 0.0711. The number of methoxy groups -OCH3 is 1. The van der Waals surface area contributed by atoms with Gasteiger partial charge in [0.05, 0.1) is 23.8 Å². The molecule has 0 bridgehead atoms. The van der Waals surface area contributed by atoms with E-state index < -0.39 is 10.0 Å². The third-order valence-electron chi connectivity index (χ3n) is 6.05. The molecular formula is C28H24N4O4S. The van der Waals surface area contributed by atoms with Crippen LogP contribution in [0, 0.1) is 0 Å². The van der Waals surface area contributed by atoms with E-state index in [1.54, 1.807) is 74.1 Å². The number of sulfonamides is 1. The number of hydrazone groups is 1. The van der Waals surface area contributed by atoms with Crippen molar-refractivity contribution in [3.8, 4) is 5.75 Å². The summed E-state index contributed by atoms with van der Waals surface area (Å²) in [5.41, 5.74) is 3.32. The molecule has 0 fully saturated rings. The highest BCUT2D eigenvalue weighted by Gasteiger charge is 2.34. The molecule has 1 atom stereocenters. The first-order chi connectivity index (χ1) is 17.9. The minimum Gasteiger partial charge on any atom is -0.497 e. The van der Waals surface area contributed by atoms with Gasteiger partial charge >= 0.3 is 0 Å². The third kappa shape index (κ3) is 5.22. The maximum Gasteiger partial charge on any atom is 0.274 e. The second-order valence-corrected chi connectivity index (χ2v) is 10.1. The van der Waals surface area contributed by atoms with Crippen LogP contribution in [-0.4, -0.2) is 37.1 Å². The molecule has 1 aliphatic rings. The SMILES string of the molecule is COc1cccc(C2CC(c3ccc(NS(=O)(=O)c4ccccc4)cc3)=NN2C(=O)c2ccncc2)c1. The summed E-state index contributed by atoms with van der Waals surface area (Å²) in [7, 11) is -2.10. The number of anilines is 1. The molecule has 186 valence electrons. The summed E-state index contributed by atoms with van der Waals surface area (Å²) in [4.78, 5) is 17.6. The predicted molar refractivity (Wildman–Crippen MR) is 141 cm³/mol. The standard InChI is InChI=1S/C28H24N4O4S/c1-36-24-7-5-6-22(18-24)27-19-26(30-32(27)28(33)21-14-16-29-17-15-21)20-10-12-23(13-11-20)31-37(34,35)25-8-3-2-4-9-25/h2-18,27,31H,19H2,1H3. The van der Waals surface area contributed by atoms with Crippen LogP contribution in [-0.2, 0) is 10.0 Å². The summed E-state index contributed by atoms with van der Waals surface area (Å²) in [6, 6.07) is 25.7. The smallest absolute Gasteiger partial charge is 0.274 e. The lowest BCUT2D eigenvalue weighted by Crippen LogP contribution is -2.27. The van der Waals surface area contributed by atoms with Crippen molar-refractivity contribution in [3.63, 3.8) is 0 Å². The van der Waals surface area contributed by atoms with Crippen molar-refractivity contribution in [1.29, 1.82) is 0 Å². The number of nitrogens with one attached hydrogen (secondary N) is 1. The second-order valence-electron chi connectivity index (χ2n) is 8.42. The first-order valence-corrected chi connectivity index (χ1v) is 13.1. The van der Waals surface area contributed by atoms with Crippen LogP contribution in [0.15, 0.2) is 113 Å². The number of benzene rings is 3. The molecule has 4 aromatic rings. The van der Waals surface area contributed by atoms with Gasteiger partial charge in [0.2, 0.25) is 0 Å². The molecule has 8 nitrogen and oxygen atoms in total. The molecule has 5 rings (SSSR count). The topological polar surface area (TPSA) is 101 Å². The third-order valence-corrected chi connectivity index (χ3v) is 7.45. The number of carbonyl (C=O) groups excluding carboxylic acids is 1. The Balaban J connectivity index is 1.43. The maximum absolute atomic E-state index is 13.4. The Labute approximate surface area is 215 Å². The van der Waals surface area contributed by atoms with Crippen LogP contribution in [0.5, 0.6) is 5.75 Å². The molecule has 1 amide bonds. The fourth-order valence-corrected chi connectivity index (χ4v) is 5.23. The number of aromatic nitrogens is 1. The van der Waals surface area contributed by atoms with Gasteiger partial charge in [0.1, 0.15) is 5.75 Å². The molecule has 1 unspecified atom stereocenters. The van der Waals surface area contributed by atoms with Gasteiger partial charge in [-0.3, -0.25) is 14.5 Å². The van der Waals surface area contributed by atoms with E-state index in [4.69, 9.17) is 9.84 Å². The van der Waals surface area contributed by atoms with Crippen LogP contribution in [0.4, 0.5) is 5.69 Å². The molecule has 0 radical (unpaired) electrons. The molecule has 2 heterocycles. The van der Waals surface area contributed by atoms with Gasteiger partial charge in [-0.05, 0) is 59.7 Å². The molecule has 0 aliphatic carbocycles. The number of rotatable bonds is 7. The Morgan fingerprint density at radius 1 is 0.946 bits per heavy atom. The second kappa shape index (κ2) is 10.2. The van der Waals surface area contributed by atoms with E-state index in [9.17, 15) is 13.2 Å².